The quantitative estimate of drug-likeness (QED) is 0.104. The van der Waals surface area contributed by atoms with Crippen LogP contribution in [0.2, 0.25) is 0 Å². The molecule has 6 aliphatic rings. The van der Waals surface area contributed by atoms with Crippen LogP contribution in [0, 0.1) is 23.7 Å². The van der Waals surface area contributed by atoms with Gasteiger partial charge in [-0.1, -0.05) is 80.6 Å². The summed E-state index contributed by atoms with van der Waals surface area (Å²) in [5, 5.41) is 2.42. The molecule has 8 heterocycles. The van der Waals surface area contributed by atoms with Crippen molar-refractivity contribution in [3.05, 3.63) is 145 Å². The lowest BCUT2D eigenvalue weighted by Crippen LogP contribution is -3.00. The third-order valence-corrected chi connectivity index (χ3v) is 15.4. The Hall–Kier alpha value is -3.24. The highest BCUT2D eigenvalue weighted by Crippen LogP contribution is 2.51. The van der Waals surface area contributed by atoms with Crippen molar-refractivity contribution >= 4 is 21.8 Å². The van der Waals surface area contributed by atoms with Crippen LogP contribution in [0.3, 0.4) is 0 Å². The monoisotopic (exact) mass is 934 g/mol. The highest BCUT2D eigenvalue weighted by atomic mass is 79.9. The maximum Gasteiger partial charge on any atom is 0.135 e. The minimum atomic E-state index is -0.0221. The molecule has 2 aromatic heterocycles. The van der Waals surface area contributed by atoms with Crippen LogP contribution in [-0.2, 0) is 22.6 Å². The second-order valence-electron chi connectivity index (χ2n) is 18.3. The van der Waals surface area contributed by atoms with E-state index in [2.05, 4.69) is 112 Å². The summed E-state index contributed by atoms with van der Waals surface area (Å²) < 4.78 is 16.0. The number of pyridine rings is 2. The molecule has 11 rings (SSSR count). The van der Waals surface area contributed by atoms with E-state index in [9.17, 15) is 0 Å². The van der Waals surface area contributed by atoms with Crippen molar-refractivity contribution in [3.63, 3.8) is 0 Å². The molecule has 6 fully saturated rings. The number of fused-ring (bicyclic) bond motifs is 8. The molecule has 4 bridgehead atoms. The highest BCUT2D eigenvalue weighted by Gasteiger charge is 2.56. The molecule has 0 N–H and O–H groups in total. The van der Waals surface area contributed by atoms with Crippen molar-refractivity contribution in [2.24, 2.45) is 23.7 Å². The Labute approximate surface area is 379 Å². The van der Waals surface area contributed by atoms with Crippen LogP contribution >= 0.6 is 0 Å². The van der Waals surface area contributed by atoms with Gasteiger partial charge in [-0.25, -0.2) is 0 Å². The smallest absolute Gasteiger partial charge is 0.135 e. The molecule has 0 saturated carbocycles. The van der Waals surface area contributed by atoms with E-state index in [1.807, 2.05) is 24.5 Å². The molecule has 0 amide bonds. The first-order chi connectivity index (χ1) is 28.5. The number of aromatic nitrogens is 2. The number of piperidine rings is 6. The zero-order valence-electron chi connectivity index (χ0n) is 35.7. The van der Waals surface area contributed by atoms with E-state index in [-0.39, 0.29) is 46.2 Å². The lowest BCUT2D eigenvalue weighted by Gasteiger charge is -2.59. The molecular weight excluding hydrogens is 872 g/mol. The largest absolute Gasteiger partial charge is 1.00 e. The number of hydrogen-bond acceptors (Lipinski definition) is 4. The SMILES string of the molecule is C=CCO[C@@H](c1ccnc2ccccc12)[C@H]1C[C@H]2CC[N+]1(Cc1cccc(C[N+]34CC[C@@H](C[C@@H]3[C@@H](OCC=C)c3ccnc5ccccc35)[C@@H](CC)C4)c1)C[C@@H]2CC.[Br-].[Br-]. The topological polar surface area (TPSA) is 44.2 Å². The summed E-state index contributed by atoms with van der Waals surface area (Å²) in [6, 6.07) is 32.2. The van der Waals surface area contributed by atoms with Gasteiger partial charge in [0.05, 0.1) is 50.4 Å². The summed E-state index contributed by atoms with van der Waals surface area (Å²) in [6.07, 6.45) is 15.3. The van der Waals surface area contributed by atoms with Crippen molar-refractivity contribution in [3.8, 4) is 0 Å². The molecule has 6 saturated heterocycles. The summed E-state index contributed by atoms with van der Waals surface area (Å²) in [7, 11) is 0. The predicted octanol–water partition coefficient (Wildman–Crippen LogP) is 4.95. The number of benzene rings is 3. The summed E-state index contributed by atoms with van der Waals surface area (Å²) in [4.78, 5) is 9.51. The first-order valence-corrected chi connectivity index (χ1v) is 22.4. The molecule has 60 heavy (non-hydrogen) atoms. The molecule has 0 radical (unpaired) electrons. The Balaban J connectivity index is 0.00000272. The summed E-state index contributed by atoms with van der Waals surface area (Å²) in [5.74, 6) is 3.00. The van der Waals surface area contributed by atoms with E-state index in [1.165, 1.54) is 97.7 Å². The molecule has 5 aromatic rings. The molecule has 3 aromatic carbocycles. The number of ether oxygens (including phenoxy) is 2. The Morgan fingerprint density at radius 1 is 0.633 bits per heavy atom. The van der Waals surface area contributed by atoms with E-state index in [4.69, 9.17) is 19.4 Å². The summed E-state index contributed by atoms with van der Waals surface area (Å²) in [5.41, 5.74) is 7.57. The van der Waals surface area contributed by atoms with Gasteiger partial charge in [0.15, 0.2) is 0 Å². The molecule has 0 aliphatic carbocycles. The minimum absolute atomic E-state index is 0. The fourth-order valence-electron chi connectivity index (χ4n) is 12.7. The van der Waals surface area contributed by atoms with Gasteiger partial charge >= 0.3 is 0 Å². The average molecular weight is 937 g/mol. The first kappa shape index (κ1) is 44.8. The second kappa shape index (κ2) is 19.4. The van der Waals surface area contributed by atoms with Crippen molar-refractivity contribution in [1.29, 1.82) is 0 Å². The fourth-order valence-corrected chi connectivity index (χ4v) is 12.7. The highest BCUT2D eigenvalue weighted by molar-refractivity contribution is 5.83. The zero-order valence-corrected chi connectivity index (χ0v) is 38.9. The van der Waals surface area contributed by atoms with Crippen molar-refractivity contribution in [1.82, 2.24) is 9.97 Å². The first-order valence-electron chi connectivity index (χ1n) is 22.4. The standard InChI is InChI=1S/C52H64N4O2.2BrH/c1-5-28-57-51(45-20-24-53-47-18-11-9-16-43(45)47)49-31-41-22-26-55(49,35-39(41)7-3)33-37-14-13-15-38(30-37)34-56-27-23-42(40(8-4)36-56)32-50(56)52(58-29-6-2)46-21-25-54-48-19-12-10-17-44(46)48;;/h5-6,9-21,24-25,30,39-42,49-52H,1-2,7-8,22-23,26-29,31-36H2,3-4H3;2*1H/q+2;;/p-2/t39-,40-,41-,42+,49+,50+,51-,52-,55?,56?;;/m0../s1. The number of hydrogen-bond donors (Lipinski definition) is 0. The Morgan fingerprint density at radius 2 is 1.08 bits per heavy atom. The molecule has 8 heteroatoms. The number of halogens is 2. The maximum absolute atomic E-state index is 6.93. The zero-order chi connectivity index (χ0) is 39.7. The third kappa shape index (κ3) is 8.46. The van der Waals surface area contributed by atoms with Crippen LogP contribution in [-0.4, -0.2) is 70.4 Å². The van der Waals surface area contributed by atoms with Crippen LogP contribution in [0.4, 0.5) is 0 Å². The number of quaternary nitrogens is 2. The maximum atomic E-state index is 6.93. The van der Waals surface area contributed by atoms with Gasteiger partial charge < -0.3 is 52.4 Å². The summed E-state index contributed by atoms with van der Waals surface area (Å²) >= 11 is 0. The van der Waals surface area contributed by atoms with E-state index < -0.39 is 0 Å². The van der Waals surface area contributed by atoms with Gasteiger partial charge in [0.2, 0.25) is 0 Å². The van der Waals surface area contributed by atoms with Crippen molar-refractivity contribution < 1.29 is 52.4 Å². The lowest BCUT2D eigenvalue weighted by molar-refractivity contribution is -0.986. The molecular formula is C52H64Br2N4O2. The van der Waals surface area contributed by atoms with E-state index in [1.54, 1.807) is 0 Å². The summed E-state index contributed by atoms with van der Waals surface area (Å²) in [6.45, 7) is 21.0. The Morgan fingerprint density at radius 3 is 1.52 bits per heavy atom. The average Bonchev–Trinajstić information content (AvgIpc) is 3.27. The van der Waals surface area contributed by atoms with Gasteiger partial charge in [-0.15, -0.1) is 13.2 Å². The predicted molar refractivity (Wildman–Crippen MR) is 236 cm³/mol. The normalized spacial score (nSPS) is 29.0. The molecule has 318 valence electrons. The van der Waals surface area contributed by atoms with Gasteiger partial charge in [0.25, 0.3) is 0 Å². The van der Waals surface area contributed by atoms with E-state index in [0.717, 1.165) is 56.8 Å². The van der Waals surface area contributed by atoms with Gasteiger partial charge in [-0.3, -0.25) is 9.97 Å². The van der Waals surface area contributed by atoms with Crippen LogP contribution < -0.4 is 34.0 Å². The molecule has 6 aliphatic heterocycles. The van der Waals surface area contributed by atoms with Crippen LogP contribution in [0.25, 0.3) is 21.8 Å². The van der Waals surface area contributed by atoms with E-state index in [0.29, 0.717) is 25.3 Å². The van der Waals surface area contributed by atoms with Gasteiger partial charge in [-0.05, 0) is 66.1 Å². The fraction of sp³-hybridized carbons (Fsp3) is 0.462. The van der Waals surface area contributed by atoms with Gasteiger partial charge in [-0.2, -0.15) is 0 Å². The van der Waals surface area contributed by atoms with Crippen LogP contribution in [0.15, 0.2) is 123 Å². The van der Waals surface area contributed by atoms with Crippen LogP contribution in [0.1, 0.15) is 86.8 Å². The molecule has 6 nitrogen and oxygen atoms in total. The van der Waals surface area contributed by atoms with E-state index >= 15 is 0 Å². The Bertz CT molecular complexity index is 2090. The van der Waals surface area contributed by atoms with Crippen molar-refractivity contribution in [2.45, 2.75) is 89.8 Å². The number of nitrogens with zero attached hydrogens (tertiary/aromatic N) is 4. The number of rotatable bonds is 16. The minimum Gasteiger partial charge on any atom is -1.00 e. The number of para-hydroxylation sites is 2. The van der Waals surface area contributed by atoms with Gasteiger partial charge in [0, 0.05) is 71.8 Å². The molecule has 10 atom stereocenters. The third-order valence-electron chi connectivity index (χ3n) is 15.4. The van der Waals surface area contributed by atoms with Crippen molar-refractivity contribution in [2.75, 3.05) is 39.4 Å². The molecule has 2 unspecified atom stereocenters. The Kier molecular flexibility index (Phi) is 14.5. The second-order valence-corrected chi connectivity index (χ2v) is 18.3. The lowest BCUT2D eigenvalue weighted by atomic mass is 9.70. The van der Waals surface area contributed by atoms with Crippen LogP contribution in [0.5, 0.6) is 0 Å². The molecule has 0 spiro atoms. The van der Waals surface area contributed by atoms with Gasteiger partial charge in [0.1, 0.15) is 37.4 Å².